The number of aromatic carboxylic acids is 1. The van der Waals surface area contributed by atoms with Crippen LogP contribution in [0.5, 0.6) is 0 Å². The van der Waals surface area contributed by atoms with Gasteiger partial charge in [0.1, 0.15) is 5.82 Å². The minimum Gasteiger partial charge on any atom is -0.478 e. The average Bonchev–Trinajstić information content (AvgIpc) is 2.16. The number of pyridine rings is 1. The molecule has 1 heterocycles. The van der Waals surface area contributed by atoms with Crippen molar-refractivity contribution in [3.63, 3.8) is 0 Å². The third kappa shape index (κ3) is 3.56. The fourth-order valence-electron chi connectivity index (χ4n) is 1.25. The highest BCUT2D eigenvalue weighted by Gasteiger charge is 2.08. The molecule has 0 bridgehead atoms. The van der Waals surface area contributed by atoms with Gasteiger partial charge in [-0.3, -0.25) is 4.79 Å². The second-order valence-electron chi connectivity index (χ2n) is 3.45. The molecule has 4 N–H and O–H groups in total. The summed E-state index contributed by atoms with van der Waals surface area (Å²) >= 11 is 0. The highest BCUT2D eigenvalue weighted by atomic mass is 16.4. The molecule has 0 saturated heterocycles. The van der Waals surface area contributed by atoms with Gasteiger partial charge in [0.15, 0.2) is 0 Å². The van der Waals surface area contributed by atoms with E-state index >= 15 is 0 Å². The van der Waals surface area contributed by atoms with Crippen molar-refractivity contribution < 1.29 is 14.7 Å². The van der Waals surface area contributed by atoms with Gasteiger partial charge >= 0.3 is 5.97 Å². The van der Waals surface area contributed by atoms with E-state index in [4.69, 9.17) is 10.8 Å². The number of carbonyl (C=O) groups is 2. The normalized spacial score (nSPS) is 11.8. The molecule has 16 heavy (non-hydrogen) atoms. The number of nitrogens with two attached hydrogens (primary N) is 1. The van der Waals surface area contributed by atoms with E-state index in [9.17, 15) is 9.59 Å². The Labute approximate surface area is 92.5 Å². The Kier molecular flexibility index (Phi) is 3.82. The van der Waals surface area contributed by atoms with Crippen LogP contribution in [0.2, 0.25) is 0 Å². The molecule has 0 aliphatic heterocycles. The number of anilines is 1. The summed E-state index contributed by atoms with van der Waals surface area (Å²) in [6.07, 6.45) is 1.56. The van der Waals surface area contributed by atoms with Crippen LogP contribution < -0.4 is 11.1 Å². The first-order chi connectivity index (χ1) is 7.49. The number of carbonyl (C=O) groups excluding carboxylic acids is 1. The molecule has 6 nitrogen and oxygen atoms in total. The maximum Gasteiger partial charge on any atom is 0.335 e. The molecule has 0 aliphatic carbocycles. The number of aromatic nitrogens is 1. The smallest absolute Gasteiger partial charge is 0.335 e. The van der Waals surface area contributed by atoms with Gasteiger partial charge < -0.3 is 16.2 Å². The number of primary amides is 1. The van der Waals surface area contributed by atoms with E-state index in [1.165, 1.54) is 18.3 Å². The summed E-state index contributed by atoms with van der Waals surface area (Å²) < 4.78 is 0. The highest BCUT2D eigenvalue weighted by molar-refractivity contribution is 5.88. The monoisotopic (exact) mass is 223 g/mol. The molecule has 1 aromatic heterocycles. The number of nitrogens with zero attached hydrogens (tertiary/aromatic N) is 1. The van der Waals surface area contributed by atoms with Crippen molar-refractivity contribution in [2.24, 2.45) is 5.73 Å². The van der Waals surface area contributed by atoms with E-state index in [0.29, 0.717) is 5.82 Å². The minimum absolute atomic E-state index is 0.142. The van der Waals surface area contributed by atoms with Gasteiger partial charge in [0.2, 0.25) is 5.91 Å². The Morgan fingerprint density at radius 3 is 2.88 bits per heavy atom. The summed E-state index contributed by atoms with van der Waals surface area (Å²) in [6, 6.07) is 2.61. The molecule has 0 radical (unpaired) electrons. The van der Waals surface area contributed by atoms with E-state index < -0.39 is 11.9 Å². The summed E-state index contributed by atoms with van der Waals surface area (Å²) in [6.45, 7) is 1.76. The van der Waals surface area contributed by atoms with Crippen LogP contribution in [0.3, 0.4) is 0 Å². The van der Waals surface area contributed by atoms with Crippen molar-refractivity contribution in [1.29, 1.82) is 0 Å². The fraction of sp³-hybridized carbons (Fsp3) is 0.300. The summed E-state index contributed by atoms with van der Waals surface area (Å²) in [7, 11) is 0. The first-order valence-corrected chi connectivity index (χ1v) is 4.73. The predicted octanol–water partition coefficient (Wildman–Crippen LogP) is 0.456. The van der Waals surface area contributed by atoms with Gasteiger partial charge in [-0.2, -0.15) is 0 Å². The van der Waals surface area contributed by atoms with Crippen LogP contribution in [0.4, 0.5) is 5.82 Å². The van der Waals surface area contributed by atoms with E-state index in [1.54, 1.807) is 6.92 Å². The molecule has 0 fully saturated rings. The number of amides is 1. The van der Waals surface area contributed by atoms with Crippen molar-refractivity contribution >= 4 is 17.7 Å². The van der Waals surface area contributed by atoms with Crippen LogP contribution in [0.1, 0.15) is 23.7 Å². The summed E-state index contributed by atoms with van der Waals surface area (Å²) in [5.74, 6) is -1.03. The molecule has 0 aliphatic rings. The second-order valence-corrected chi connectivity index (χ2v) is 3.45. The highest BCUT2D eigenvalue weighted by Crippen LogP contribution is 2.09. The zero-order chi connectivity index (χ0) is 12.1. The lowest BCUT2D eigenvalue weighted by atomic mass is 10.2. The zero-order valence-electron chi connectivity index (χ0n) is 8.80. The van der Waals surface area contributed by atoms with E-state index in [0.717, 1.165) is 0 Å². The third-order valence-corrected chi connectivity index (χ3v) is 1.91. The topological polar surface area (TPSA) is 105 Å². The molecular formula is C10H13N3O3. The van der Waals surface area contributed by atoms with Crippen LogP contribution in [-0.2, 0) is 4.79 Å². The molecule has 1 rings (SSSR count). The van der Waals surface area contributed by atoms with Gasteiger partial charge in [0.05, 0.1) is 5.56 Å². The first-order valence-electron chi connectivity index (χ1n) is 4.73. The van der Waals surface area contributed by atoms with Crippen molar-refractivity contribution in [2.45, 2.75) is 19.4 Å². The number of nitrogens with one attached hydrogen (secondary N) is 1. The molecule has 1 unspecified atom stereocenters. The van der Waals surface area contributed by atoms with Crippen LogP contribution in [-0.4, -0.2) is 28.0 Å². The largest absolute Gasteiger partial charge is 0.478 e. The lowest BCUT2D eigenvalue weighted by Gasteiger charge is -2.12. The fourth-order valence-corrected chi connectivity index (χ4v) is 1.25. The lowest BCUT2D eigenvalue weighted by molar-refractivity contribution is -0.118. The van der Waals surface area contributed by atoms with E-state index in [-0.39, 0.29) is 18.0 Å². The maximum atomic E-state index is 10.7. The van der Waals surface area contributed by atoms with Crippen molar-refractivity contribution in [3.8, 4) is 0 Å². The molecule has 0 saturated carbocycles. The van der Waals surface area contributed by atoms with Crippen LogP contribution in [0.15, 0.2) is 18.3 Å². The summed E-state index contributed by atoms with van der Waals surface area (Å²) in [4.78, 5) is 25.3. The first kappa shape index (κ1) is 12.0. The van der Waals surface area contributed by atoms with Gasteiger partial charge in [0, 0.05) is 18.7 Å². The summed E-state index contributed by atoms with van der Waals surface area (Å²) in [5, 5.41) is 11.7. The molecule has 0 spiro atoms. The Hall–Kier alpha value is -2.11. The molecule has 0 aromatic carbocycles. The number of hydrogen-bond acceptors (Lipinski definition) is 4. The van der Waals surface area contributed by atoms with Crippen molar-refractivity contribution in [2.75, 3.05) is 5.32 Å². The molecule has 86 valence electrons. The predicted molar refractivity (Wildman–Crippen MR) is 58.1 cm³/mol. The van der Waals surface area contributed by atoms with Crippen molar-refractivity contribution in [3.05, 3.63) is 23.9 Å². The SMILES string of the molecule is CC(CC(N)=O)Nc1cc(C(=O)O)ccn1. The Balaban J connectivity index is 2.70. The maximum absolute atomic E-state index is 10.7. The number of carboxylic acids is 1. The van der Waals surface area contributed by atoms with Crippen LogP contribution in [0, 0.1) is 0 Å². The molecule has 1 atom stereocenters. The molecule has 1 amide bonds. The van der Waals surface area contributed by atoms with Gasteiger partial charge in [-0.15, -0.1) is 0 Å². The van der Waals surface area contributed by atoms with Crippen molar-refractivity contribution in [1.82, 2.24) is 4.98 Å². The average molecular weight is 223 g/mol. The molecule has 1 aromatic rings. The molecular weight excluding hydrogens is 210 g/mol. The van der Waals surface area contributed by atoms with Crippen LogP contribution in [0.25, 0.3) is 0 Å². The van der Waals surface area contributed by atoms with E-state index in [1.807, 2.05) is 0 Å². The summed E-state index contributed by atoms with van der Waals surface area (Å²) in [5.41, 5.74) is 5.17. The Morgan fingerprint density at radius 2 is 2.31 bits per heavy atom. The number of carboxylic acid groups (broad SMARTS) is 1. The second kappa shape index (κ2) is 5.11. The lowest BCUT2D eigenvalue weighted by Crippen LogP contribution is -2.24. The standard InChI is InChI=1S/C10H13N3O3/c1-6(4-8(11)14)13-9-5-7(10(15)16)2-3-12-9/h2-3,5-6H,4H2,1H3,(H2,11,14)(H,12,13)(H,15,16). The Morgan fingerprint density at radius 1 is 1.62 bits per heavy atom. The number of rotatable bonds is 5. The van der Waals surface area contributed by atoms with Gasteiger partial charge in [-0.05, 0) is 19.1 Å². The van der Waals surface area contributed by atoms with Gasteiger partial charge in [-0.1, -0.05) is 0 Å². The van der Waals surface area contributed by atoms with E-state index in [2.05, 4.69) is 10.3 Å². The third-order valence-electron chi connectivity index (χ3n) is 1.91. The van der Waals surface area contributed by atoms with Gasteiger partial charge in [-0.25, -0.2) is 9.78 Å². The number of hydrogen-bond donors (Lipinski definition) is 3. The quantitative estimate of drug-likeness (QED) is 0.672. The molecule has 6 heteroatoms. The van der Waals surface area contributed by atoms with Gasteiger partial charge in [0.25, 0.3) is 0 Å². The minimum atomic E-state index is -1.02. The zero-order valence-corrected chi connectivity index (χ0v) is 8.80. The van der Waals surface area contributed by atoms with Crippen LogP contribution >= 0.6 is 0 Å². The Bertz CT molecular complexity index is 406.